The van der Waals surface area contributed by atoms with Crippen LogP contribution in [0, 0.1) is 5.92 Å². The van der Waals surface area contributed by atoms with Crippen LogP contribution in [0.4, 0.5) is 0 Å². The van der Waals surface area contributed by atoms with Crippen LogP contribution in [0.5, 0.6) is 0 Å². The Labute approximate surface area is 133 Å². The lowest BCUT2D eigenvalue weighted by molar-refractivity contribution is 0.285. The van der Waals surface area contributed by atoms with E-state index in [1.54, 1.807) is 24.3 Å². The lowest BCUT2D eigenvalue weighted by atomic mass is 9.84. The van der Waals surface area contributed by atoms with Gasteiger partial charge < -0.3 is 5.32 Å². The molecule has 21 heavy (non-hydrogen) atoms. The molecule has 1 aliphatic carbocycles. The molecule has 1 aromatic carbocycles. The third-order valence-electron chi connectivity index (χ3n) is 4.26. The number of hydrogen-bond acceptors (Lipinski definition) is 3. The molecule has 1 aromatic rings. The molecule has 0 aliphatic heterocycles. The Morgan fingerprint density at radius 2 is 1.90 bits per heavy atom. The lowest BCUT2D eigenvalue weighted by Crippen LogP contribution is -2.42. The van der Waals surface area contributed by atoms with Crippen molar-refractivity contribution in [1.29, 1.82) is 0 Å². The van der Waals surface area contributed by atoms with Gasteiger partial charge in [-0.15, -0.1) is 0 Å². The molecule has 118 valence electrons. The summed E-state index contributed by atoms with van der Waals surface area (Å²) in [6, 6.07) is 6.74. The average Bonchev–Trinajstić information content (AvgIpc) is 2.48. The molecule has 0 saturated heterocycles. The van der Waals surface area contributed by atoms with Gasteiger partial charge in [-0.05, 0) is 37.4 Å². The second-order valence-electron chi connectivity index (χ2n) is 5.77. The third-order valence-corrected chi connectivity index (χ3v) is 6.52. The van der Waals surface area contributed by atoms with Gasteiger partial charge in [0, 0.05) is 6.04 Å². The van der Waals surface area contributed by atoms with E-state index in [2.05, 4.69) is 5.32 Å². The highest BCUT2D eigenvalue weighted by Crippen LogP contribution is 2.29. The zero-order valence-electron chi connectivity index (χ0n) is 12.5. The second-order valence-corrected chi connectivity index (χ2v) is 8.18. The van der Waals surface area contributed by atoms with E-state index in [9.17, 15) is 8.42 Å². The lowest BCUT2D eigenvalue weighted by Gasteiger charge is -2.30. The van der Waals surface area contributed by atoms with Crippen molar-refractivity contribution in [3.63, 3.8) is 0 Å². The molecule has 1 unspecified atom stereocenters. The van der Waals surface area contributed by atoms with Crippen molar-refractivity contribution in [1.82, 2.24) is 5.32 Å². The van der Waals surface area contributed by atoms with Gasteiger partial charge in [-0.2, -0.15) is 0 Å². The van der Waals surface area contributed by atoms with Crippen molar-refractivity contribution < 1.29 is 8.42 Å². The molecule has 1 fully saturated rings. The van der Waals surface area contributed by atoms with Gasteiger partial charge in [-0.25, -0.2) is 8.42 Å². The zero-order chi connectivity index (χ0) is 15.3. The molecule has 1 atom stereocenters. The Bertz CT molecular complexity index is 553. The number of hydrogen-bond donors (Lipinski definition) is 1. The summed E-state index contributed by atoms with van der Waals surface area (Å²) in [5.74, 6) is 0.589. The zero-order valence-corrected chi connectivity index (χ0v) is 14.1. The smallest absolute Gasteiger partial charge is 0.181 e. The van der Waals surface area contributed by atoms with Gasteiger partial charge >= 0.3 is 0 Å². The number of nitrogens with one attached hydrogen (secondary N) is 1. The van der Waals surface area contributed by atoms with Crippen LogP contribution < -0.4 is 5.32 Å². The van der Waals surface area contributed by atoms with Crippen LogP contribution in [0.1, 0.15) is 39.0 Å². The van der Waals surface area contributed by atoms with Crippen LogP contribution in [0.2, 0.25) is 5.02 Å². The van der Waals surface area contributed by atoms with E-state index >= 15 is 0 Å². The Morgan fingerprint density at radius 1 is 1.24 bits per heavy atom. The highest BCUT2D eigenvalue weighted by atomic mass is 35.5. The maximum Gasteiger partial charge on any atom is 0.181 e. The summed E-state index contributed by atoms with van der Waals surface area (Å²) in [5, 5.41) is 3.69. The van der Waals surface area contributed by atoms with Crippen molar-refractivity contribution in [2.75, 3.05) is 12.3 Å². The predicted octanol–water partition coefficient (Wildman–Crippen LogP) is 3.67. The monoisotopic (exact) mass is 329 g/mol. The summed E-state index contributed by atoms with van der Waals surface area (Å²) in [4.78, 5) is 0.255. The first kappa shape index (κ1) is 16.8. The fourth-order valence-corrected chi connectivity index (χ4v) is 5.37. The van der Waals surface area contributed by atoms with E-state index in [4.69, 9.17) is 11.6 Å². The van der Waals surface area contributed by atoms with Gasteiger partial charge in [-0.1, -0.05) is 49.9 Å². The molecule has 0 heterocycles. The SMILES string of the molecule is CCNC(CS(=O)(=O)c1ccccc1Cl)C1CCCCC1. The highest BCUT2D eigenvalue weighted by molar-refractivity contribution is 7.91. The topological polar surface area (TPSA) is 46.2 Å². The average molecular weight is 330 g/mol. The molecule has 0 radical (unpaired) electrons. The van der Waals surface area contributed by atoms with Gasteiger partial charge in [0.1, 0.15) is 0 Å². The molecule has 2 rings (SSSR count). The molecule has 1 saturated carbocycles. The quantitative estimate of drug-likeness (QED) is 0.866. The highest BCUT2D eigenvalue weighted by Gasteiger charge is 2.29. The third kappa shape index (κ3) is 4.44. The fourth-order valence-electron chi connectivity index (χ4n) is 3.18. The van der Waals surface area contributed by atoms with Crippen molar-refractivity contribution in [2.24, 2.45) is 5.92 Å². The molecule has 0 spiro atoms. The normalized spacial score (nSPS) is 18.6. The summed E-state index contributed by atoms with van der Waals surface area (Å²) in [6.07, 6.45) is 5.93. The van der Waals surface area contributed by atoms with Crippen LogP contribution in [-0.4, -0.2) is 26.8 Å². The van der Waals surface area contributed by atoms with Crippen molar-refractivity contribution in [2.45, 2.75) is 50.0 Å². The number of benzene rings is 1. The van der Waals surface area contributed by atoms with E-state index in [0.717, 1.165) is 19.4 Å². The first-order chi connectivity index (χ1) is 10.0. The Morgan fingerprint density at radius 3 is 2.52 bits per heavy atom. The first-order valence-electron chi connectivity index (χ1n) is 7.75. The minimum absolute atomic E-state index is 0.0246. The van der Waals surface area contributed by atoms with Gasteiger partial charge in [0.05, 0.1) is 15.7 Å². The molecule has 0 amide bonds. The van der Waals surface area contributed by atoms with Gasteiger partial charge in [-0.3, -0.25) is 0 Å². The number of sulfone groups is 1. The van der Waals surface area contributed by atoms with Crippen LogP contribution in [0.3, 0.4) is 0 Å². The minimum atomic E-state index is -3.36. The van der Waals surface area contributed by atoms with Crippen LogP contribution in [0.15, 0.2) is 29.2 Å². The predicted molar refractivity (Wildman–Crippen MR) is 87.5 cm³/mol. The molecule has 0 aromatic heterocycles. The Kier molecular flexibility index (Phi) is 6.08. The van der Waals surface area contributed by atoms with Gasteiger partial charge in [0.2, 0.25) is 0 Å². The molecular formula is C16H24ClNO2S. The molecule has 5 heteroatoms. The standard InChI is InChI=1S/C16H24ClNO2S/c1-2-18-15(13-8-4-3-5-9-13)12-21(19,20)16-11-7-6-10-14(16)17/h6-7,10-11,13,15,18H,2-5,8-9,12H2,1H3. The summed E-state index contributed by atoms with van der Waals surface area (Å²) >= 11 is 6.06. The summed E-state index contributed by atoms with van der Waals surface area (Å²) < 4.78 is 25.3. The molecule has 1 N–H and O–H groups in total. The first-order valence-corrected chi connectivity index (χ1v) is 9.78. The van der Waals surface area contributed by atoms with E-state index < -0.39 is 9.84 Å². The van der Waals surface area contributed by atoms with Crippen LogP contribution in [0.25, 0.3) is 0 Å². The maximum absolute atomic E-state index is 12.7. The molecular weight excluding hydrogens is 306 g/mol. The van der Waals surface area contributed by atoms with Crippen LogP contribution in [-0.2, 0) is 9.84 Å². The summed E-state index contributed by atoms with van der Waals surface area (Å²) in [7, 11) is -3.36. The van der Waals surface area contributed by atoms with Gasteiger partial charge in [0.25, 0.3) is 0 Å². The fraction of sp³-hybridized carbons (Fsp3) is 0.625. The van der Waals surface area contributed by atoms with E-state index in [0.29, 0.717) is 10.9 Å². The second kappa shape index (κ2) is 7.61. The number of halogens is 1. The van der Waals surface area contributed by atoms with Crippen molar-refractivity contribution in [3.05, 3.63) is 29.3 Å². The Balaban J connectivity index is 2.17. The molecule has 0 bridgehead atoms. The maximum atomic E-state index is 12.7. The van der Waals surface area contributed by atoms with E-state index in [-0.39, 0.29) is 16.7 Å². The van der Waals surface area contributed by atoms with Crippen LogP contribution >= 0.6 is 11.6 Å². The number of rotatable bonds is 6. The van der Waals surface area contributed by atoms with Crippen molar-refractivity contribution >= 4 is 21.4 Å². The summed E-state index contributed by atoms with van der Waals surface area (Å²) in [6.45, 7) is 2.82. The van der Waals surface area contributed by atoms with E-state index in [1.165, 1.54) is 19.3 Å². The van der Waals surface area contributed by atoms with E-state index in [1.807, 2.05) is 6.92 Å². The molecule has 3 nitrogen and oxygen atoms in total. The van der Waals surface area contributed by atoms with Crippen molar-refractivity contribution in [3.8, 4) is 0 Å². The Hall–Kier alpha value is -0.580. The minimum Gasteiger partial charge on any atom is -0.313 e. The summed E-state index contributed by atoms with van der Waals surface area (Å²) in [5.41, 5.74) is 0. The van der Waals surface area contributed by atoms with Gasteiger partial charge in [0.15, 0.2) is 9.84 Å². The largest absolute Gasteiger partial charge is 0.313 e. The molecule has 1 aliphatic rings.